The molecule has 0 aromatic heterocycles. The van der Waals surface area contributed by atoms with E-state index < -0.39 is 17.5 Å². The highest BCUT2D eigenvalue weighted by Gasteiger charge is 2.05. The maximum atomic E-state index is 13.2. The van der Waals surface area contributed by atoms with E-state index in [0.29, 0.717) is 5.56 Å². The van der Waals surface area contributed by atoms with Crippen LogP contribution in [0.1, 0.15) is 5.56 Å². The first kappa shape index (κ1) is 12.4. The topological polar surface area (TPSA) is 35.2 Å². The Labute approximate surface area is 102 Å². The smallest absolute Gasteiger partial charge is 0.133 e. The Morgan fingerprint density at radius 2 is 1.28 bits per heavy atom. The summed E-state index contributed by atoms with van der Waals surface area (Å²) in [4.78, 5) is 0. The van der Waals surface area contributed by atoms with Gasteiger partial charge in [-0.25, -0.2) is 13.2 Å². The summed E-state index contributed by atoms with van der Waals surface area (Å²) in [6.45, 7) is 0.144. The van der Waals surface area contributed by atoms with Gasteiger partial charge in [0.1, 0.15) is 29.0 Å². The first-order chi connectivity index (χ1) is 8.56. The molecule has 0 spiro atoms. The van der Waals surface area contributed by atoms with Gasteiger partial charge < -0.3 is 10.5 Å². The summed E-state index contributed by atoms with van der Waals surface area (Å²) >= 11 is 0. The van der Waals surface area contributed by atoms with Crippen molar-refractivity contribution < 1.29 is 17.9 Å². The van der Waals surface area contributed by atoms with E-state index in [4.69, 9.17) is 10.5 Å². The van der Waals surface area contributed by atoms with Gasteiger partial charge in [0, 0.05) is 30.8 Å². The minimum Gasteiger partial charge on any atom is -0.457 e. The lowest BCUT2D eigenvalue weighted by Crippen LogP contribution is -1.97. The molecule has 2 aromatic carbocycles. The highest BCUT2D eigenvalue weighted by molar-refractivity contribution is 5.35. The fraction of sp³-hybridized carbons (Fsp3) is 0.0769. The van der Waals surface area contributed by atoms with Crippen LogP contribution in [0.2, 0.25) is 0 Å². The maximum absolute atomic E-state index is 13.2. The predicted molar refractivity (Wildman–Crippen MR) is 60.7 cm³/mol. The van der Waals surface area contributed by atoms with E-state index >= 15 is 0 Å². The molecule has 0 fully saturated rings. The molecular weight excluding hydrogens is 243 g/mol. The Morgan fingerprint density at radius 3 is 1.83 bits per heavy atom. The molecule has 0 aliphatic heterocycles. The first-order valence-corrected chi connectivity index (χ1v) is 5.20. The molecule has 2 aromatic rings. The van der Waals surface area contributed by atoms with Gasteiger partial charge in [-0.3, -0.25) is 0 Å². The molecule has 0 atom stereocenters. The van der Waals surface area contributed by atoms with Crippen LogP contribution in [0.5, 0.6) is 11.5 Å². The number of hydrogen-bond acceptors (Lipinski definition) is 2. The van der Waals surface area contributed by atoms with Gasteiger partial charge in [0.2, 0.25) is 0 Å². The Kier molecular flexibility index (Phi) is 3.53. The third-order valence-electron chi connectivity index (χ3n) is 2.24. The molecule has 0 bridgehead atoms. The van der Waals surface area contributed by atoms with Crippen LogP contribution in [0.15, 0.2) is 36.4 Å². The Morgan fingerprint density at radius 1 is 0.778 bits per heavy atom. The predicted octanol–water partition coefficient (Wildman–Crippen LogP) is 3.35. The molecule has 0 aliphatic carbocycles. The van der Waals surface area contributed by atoms with Gasteiger partial charge in [-0.1, -0.05) is 0 Å². The van der Waals surface area contributed by atoms with E-state index in [1.165, 1.54) is 12.1 Å². The number of benzene rings is 2. The highest BCUT2D eigenvalue weighted by atomic mass is 19.1. The van der Waals surface area contributed by atoms with Crippen molar-refractivity contribution in [1.29, 1.82) is 0 Å². The van der Waals surface area contributed by atoms with Gasteiger partial charge in [-0.2, -0.15) is 0 Å². The van der Waals surface area contributed by atoms with E-state index in [2.05, 4.69) is 0 Å². The van der Waals surface area contributed by atoms with E-state index in [0.717, 1.165) is 24.3 Å². The summed E-state index contributed by atoms with van der Waals surface area (Å²) in [6, 6.07) is 6.63. The average molecular weight is 253 g/mol. The third kappa shape index (κ3) is 3.01. The third-order valence-corrected chi connectivity index (χ3v) is 2.24. The second kappa shape index (κ2) is 5.10. The molecule has 0 radical (unpaired) electrons. The van der Waals surface area contributed by atoms with Crippen LogP contribution in [0.3, 0.4) is 0 Å². The monoisotopic (exact) mass is 253 g/mol. The zero-order valence-corrected chi connectivity index (χ0v) is 9.29. The van der Waals surface area contributed by atoms with Crippen molar-refractivity contribution in [3.8, 4) is 11.5 Å². The van der Waals surface area contributed by atoms with Crippen molar-refractivity contribution >= 4 is 0 Å². The van der Waals surface area contributed by atoms with Crippen LogP contribution in [0, 0.1) is 17.5 Å². The maximum Gasteiger partial charge on any atom is 0.133 e. The second-order valence-corrected chi connectivity index (χ2v) is 3.71. The summed E-state index contributed by atoms with van der Waals surface area (Å²) in [7, 11) is 0. The van der Waals surface area contributed by atoms with Crippen LogP contribution in [-0.4, -0.2) is 0 Å². The van der Waals surface area contributed by atoms with E-state index in [9.17, 15) is 13.2 Å². The fourth-order valence-electron chi connectivity index (χ4n) is 1.52. The quantitative estimate of drug-likeness (QED) is 0.910. The molecule has 2 N–H and O–H groups in total. The second-order valence-electron chi connectivity index (χ2n) is 3.71. The lowest BCUT2D eigenvalue weighted by molar-refractivity contribution is 0.463. The molecule has 0 unspecified atom stereocenters. The van der Waals surface area contributed by atoms with Gasteiger partial charge in [0.05, 0.1) is 0 Å². The number of halogens is 3. The standard InChI is InChI=1S/C13H10F3NO/c14-9-1-8(7-17)2-12(4-9)18-13-5-10(15)3-11(16)6-13/h1-6H,7,17H2. The van der Waals surface area contributed by atoms with Gasteiger partial charge >= 0.3 is 0 Å². The number of hydrogen-bond donors (Lipinski definition) is 1. The lowest BCUT2D eigenvalue weighted by atomic mass is 10.2. The normalized spacial score (nSPS) is 10.4. The lowest BCUT2D eigenvalue weighted by Gasteiger charge is -2.08. The Hall–Kier alpha value is -2.01. The SMILES string of the molecule is NCc1cc(F)cc(Oc2cc(F)cc(F)c2)c1. The minimum absolute atomic E-state index is 0.0407. The summed E-state index contributed by atoms with van der Waals surface area (Å²) in [5.41, 5.74) is 5.92. The van der Waals surface area contributed by atoms with Crippen molar-refractivity contribution in [3.63, 3.8) is 0 Å². The molecule has 0 saturated heterocycles. The average Bonchev–Trinajstić information content (AvgIpc) is 2.26. The Balaban J connectivity index is 2.30. The van der Waals surface area contributed by atoms with E-state index in [-0.39, 0.29) is 18.0 Å². The molecule has 0 aliphatic rings. The molecule has 2 rings (SSSR count). The molecular formula is C13H10F3NO. The van der Waals surface area contributed by atoms with Crippen LogP contribution >= 0.6 is 0 Å². The van der Waals surface area contributed by atoms with Crippen LogP contribution in [-0.2, 0) is 6.54 Å². The Bertz CT molecular complexity index is 552. The molecule has 0 heterocycles. The van der Waals surface area contributed by atoms with Gasteiger partial charge in [-0.15, -0.1) is 0 Å². The van der Waals surface area contributed by atoms with Crippen molar-refractivity contribution in [1.82, 2.24) is 0 Å². The molecule has 5 heteroatoms. The number of rotatable bonds is 3. The number of ether oxygens (including phenoxy) is 1. The van der Waals surface area contributed by atoms with Gasteiger partial charge in [-0.05, 0) is 17.7 Å². The van der Waals surface area contributed by atoms with Gasteiger partial charge in [0.25, 0.3) is 0 Å². The summed E-state index contributed by atoms with van der Waals surface area (Å²) in [5, 5.41) is 0. The molecule has 94 valence electrons. The summed E-state index contributed by atoms with van der Waals surface area (Å²) < 4.78 is 44.3. The summed E-state index contributed by atoms with van der Waals surface area (Å²) in [6.07, 6.45) is 0. The largest absolute Gasteiger partial charge is 0.457 e. The van der Waals surface area contributed by atoms with Crippen molar-refractivity contribution in [2.45, 2.75) is 6.54 Å². The first-order valence-electron chi connectivity index (χ1n) is 5.20. The minimum atomic E-state index is -0.763. The van der Waals surface area contributed by atoms with E-state index in [1.54, 1.807) is 0 Å². The zero-order valence-electron chi connectivity index (χ0n) is 9.29. The summed E-state index contributed by atoms with van der Waals surface area (Å²) in [5.74, 6) is -1.95. The fourth-order valence-corrected chi connectivity index (χ4v) is 1.52. The van der Waals surface area contributed by atoms with Crippen molar-refractivity contribution in [2.24, 2.45) is 5.73 Å². The van der Waals surface area contributed by atoms with Crippen LogP contribution < -0.4 is 10.5 Å². The van der Waals surface area contributed by atoms with Gasteiger partial charge in [0.15, 0.2) is 0 Å². The molecule has 0 amide bonds. The highest BCUT2D eigenvalue weighted by Crippen LogP contribution is 2.25. The van der Waals surface area contributed by atoms with Crippen LogP contribution in [0.4, 0.5) is 13.2 Å². The molecule has 18 heavy (non-hydrogen) atoms. The van der Waals surface area contributed by atoms with Crippen LogP contribution in [0.25, 0.3) is 0 Å². The molecule has 2 nitrogen and oxygen atoms in total. The van der Waals surface area contributed by atoms with E-state index in [1.807, 2.05) is 0 Å². The van der Waals surface area contributed by atoms with Crippen molar-refractivity contribution in [3.05, 3.63) is 59.4 Å². The number of nitrogens with two attached hydrogens (primary N) is 1. The molecule has 0 saturated carbocycles. The zero-order chi connectivity index (χ0) is 13.1. The van der Waals surface area contributed by atoms with Crippen molar-refractivity contribution in [2.75, 3.05) is 0 Å².